The largest absolute Gasteiger partial charge is 0.356 e. The van der Waals surface area contributed by atoms with Crippen molar-refractivity contribution in [2.45, 2.75) is 46.0 Å². The fourth-order valence-electron chi connectivity index (χ4n) is 1.69. The zero-order chi connectivity index (χ0) is 12.5. The monoisotopic (exact) mass is 233 g/mol. The first-order valence-electron chi connectivity index (χ1n) is 6.60. The van der Waals surface area contributed by atoms with Crippen molar-refractivity contribution in [1.82, 2.24) is 5.32 Å². The highest BCUT2D eigenvalue weighted by Gasteiger charge is 2.01. The van der Waals surface area contributed by atoms with Gasteiger partial charge in [0.15, 0.2) is 0 Å². The molecule has 94 valence electrons. The molecule has 0 saturated carbocycles. The van der Waals surface area contributed by atoms with E-state index in [1.165, 1.54) is 11.1 Å². The number of carbonyl (C=O) groups is 1. The molecule has 0 heterocycles. The lowest BCUT2D eigenvalue weighted by Gasteiger charge is -2.05. The van der Waals surface area contributed by atoms with Crippen LogP contribution in [0.3, 0.4) is 0 Å². The van der Waals surface area contributed by atoms with Gasteiger partial charge in [-0.1, -0.05) is 44.5 Å². The van der Waals surface area contributed by atoms with Gasteiger partial charge in [0, 0.05) is 13.0 Å². The smallest absolute Gasteiger partial charge is 0.220 e. The molecule has 0 aliphatic heterocycles. The summed E-state index contributed by atoms with van der Waals surface area (Å²) in [6, 6.07) is 8.53. The molecule has 2 nitrogen and oxygen atoms in total. The van der Waals surface area contributed by atoms with E-state index in [1.807, 2.05) is 0 Å². The Morgan fingerprint density at radius 3 is 2.35 bits per heavy atom. The molecule has 1 amide bonds. The van der Waals surface area contributed by atoms with Gasteiger partial charge in [-0.25, -0.2) is 0 Å². The third-order valence-corrected chi connectivity index (χ3v) is 2.92. The minimum atomic E-state index is 0.165. The van der Waals surface area contributed by atoms with Crippen LogP contribution in [0.1, 0.15) is 44.2 Å². The lowest BCUT2D eigenvalue weighted by atomic mass is 10.1. The van der Waals surface area contributed by atoms with Gasteiger partial charge in [-0.05, 0) is 30.4 Å². The molecular weight excluding hydrogens is 210 g/mol. The molecule has 0 aliphatic carbocycles. The second-order valence-corrected chi connectivity index (χ2v) is 4.37. The summed E-state index contributed by atoms with van der Waals surface area (Å²) in [6.45, 7) is 5.09. The molecule has 0 aliphatic rings. The van der Waals surface area contributed by atoms with Crippen molar-refractivity contribution >= 4 is 5.91 Å². The summed E-state index contributed by atoms with van der Waals surface area (Å²) in [4.78, 5) is 11.5. The topological polar surface area (TPSA) is 29.1 Å². The number of benzene rings is 1. The van der Waals surface area contributed by atoms with Crippen LogP contribution in [-0.2, 0) is 17.6 Å². The highest BCUT2D eigenvalue weighted by Crippen LogP contribution is 2.07. The molecule has 0 saturated heterocycles. The van der Waals surface area contributed by atoms with Gasteiger partial charge in [-0.2, -0.15) is 0 Å². The van der Waals surface area contributed by atoms with E-state index in [0.717, 1.165) is 32.2 Å². The second-order valence-electron chi connectivity index (χ2n) is 4.37. The van der Waals surface area contributed by atoms with Crippen LogP contribution in [0.5, 0.6) is 0 Å². The first-order valence-corrected chi connectivity index (χ1v) is 6.60. The molecule has 1 rings (SSSR count). The quantitative estimate of drug-likeness (QED) is 0.720. The van der Waals surface area contributed by atoms with Crippen molar-refractivity contribution in [3.8, 4) is 0 Å². The molecule has 0 spiro atoms. The summed E-state index contributed by atoms with van der Waals surface area (Å²) < 4.78 is 0. The van der Waals surface area contributed by atoms with Crippen LogP contribution in [-0.4, -0.2) is 12.5 Å². The lowest BCUT2D eigenvalue weighted by Crippen LogP contribution is -2.24. The number of amides is 1. The van der Waals surface area contributed by atoms with Crippen LogP contribution in [0.4, 0.5) is 0 Å². The fourth-order valence-corrected chi connectivity index (χ4v) is 1.69. The number of rotatable bonds is 7. The van der Waals surface area contributed by atoms with Gasteiger partial charge in [0.25, 0.3) is 0 Å². The Kier molecular flexibility index (Phi) is 6.38. The van der Waals surface area contributed by atoms with Crippen LogP contribution < -0.4 is 5.32 Å². The van der Waals surface area contributed by atoms with E-state index in [9.17, 15) is 4.79 Å². The zero-order valence-corrected chi connectivity index (χ0v) is 11.0. The van der Waals surface area contributed by atoms with Crippen molar-refractivity contribution in [3.05, 3.63) is 35.4 Å². The SMILES string of the molecule is CCCCNC(=O)CCc1ccc(CC)cc1. The lowest BCUT2D eigenvalue weighted by molar-refractivity contribution is -0.121. The Morgan fingerprint density at radius 2 is 1.76 bits per heavy atom. The average molecular weight is 233 g/mol. The summed E-state index contributed by atoms with van der Waals surface area (Å²) in [5, 5.41) is 2.94. The van der Waals surface area contributed by atoms with Crippen molar-refractivity contribution in [3.63, 3.8) is 0 Å². The number of hydrogen-bond acceptors (Lipinski definition) is 1. The summed E-state index contributed by atoms with van der Waals surface area (Å²) >= 11 is 0. The molecule has 0 fully saturated rings. The molecular formula is C15H23NO. The number of aryl methyl sites for hydroxylation is 2. The molecule has 0 atom stereocenters. The molecule has 0 bridgehead atoms. The molecule has 0 unspecified atom stereocenters. The molecule has 1 aromatic rings. The second kappa shape index (κ2) is 7.88. The molecule has 0 radical (unpaired) electrons. The van der Waals surface area contributed by atoms with Gasteiger partial charge in [0.2, 0.25) is 5.91 Å². The Hall–Kier alpha value is -1.31. The van der Waals surface area contributed by atoms with Gasteiger partial charge in [0.1, 0.15) is 0 Å². The summed E-state index contributed by atoms with van der Waals surface area (Å²) in [7, 11) is 0. The van der Waals surface area contributed by atoms with Crippen LogP contribution in [0.2, 0.25) is 0 Å². The third-order valence-electron chi connectivity index (χ3n) is 2.92. The highest BCUT2D eigenvalue weighted by atomic mass is 16.1. The molecule has 17 heavy (non-hydrogen) atoms. The first-order chi connectivity index (χ1) is 8.26. The minimum absolute atomic E-state index is 0.165. The van der Waals surface area contributed by atoms with E-state index in [-0.39, 0.29) is 5.91 Å². The molecule has 1 N–H and O–H groups in total. The number of hydrogen-bond donors (Lipinski definition) is 1. The Labute approximate surface area is 104 Å². The highest BCUT2D eigenvalue weighted by molar-refractivity contribution is 5.76. The van der Waals surface area contributed by atoms with E-state index in [0.29, 0.717) is 6.42 Å². The molecule has 0 aromatic heterocycles. The Bertz CT molecular complexity index is 329. The van der Waals surface area contributed by atoms with E-state index in [4.69, 9.17) is 0 Å². The fraction of sp³-hybridized carbons (Fsp3) is 0.533. The first kappa shape index (κ1) is 13.8. The maximum absolute atomic E-state index is 11.5. The number of unbranched alkanes of at least 4 members (excludes halogenated alkanes) is 1. The van der Waals surface area contributed by atoms with E-state index in [1.54, 1.807) is 0 Å². The standard InChI is InChI=1S/C15H23NO/c1-3-5-12-16-15(17)11-10-14-8-6-13(4-2)7-9-14/h6-9H,3-5,10-12H2,1-2H3,(H,16,17). The van der Waals surface area contributed by atoms with Crippen LogP contribution >= 0.6 is 0 Å². The zero-order valence-electron chi connectivity index (χ0n) is 11.0. The molecule has 1 aromatic carbocycles. The van der Waals surface area contributed by atoms with Crippen molar-refractivity contribution in [2.24, 2.45) is 0 Å². The number of carbonyl (C=O) groups excluding carboxylic acids is 1. The van der Waals surface area contributed by atoms with E-state index < -0.39 is 0 Å². The van der Waals surface area contributed by atoms with Gasteiger partial charge < -0.3 is 5.32 Å². The van der Waals surface area contributed by atoms with Crippen molar-refractivity contribution in [1.29, 1.82) is 0 Å². The van der Waals surface area contributed by atoms with Crippen LogP contribution in [0.25, 0.3) is 0 Å². The maximum Gasteiger partial charge on any atom is 0.220 e. The van der Waals surface area contributed by atoms with Gasteiger partial charge >= 0.3 is 0 Å². The van der Waals surface area contributed by atoms with Gasteiger partial charge in [0.05, 0.1) is 0 Å². The van der Waals surface area contributed by atoms with Gasteiger partial charge in [-0.15, -0.1) is 0 Å². The minimum Gasteiger partial charge on any atom is -0.356 e. The predicted octanol–water partition coefficient (Wildman–Crippen LogP) is 3.10. The van der Waals surface area contributed by atoms with Gasteiger partial charge in [-0.3, -0.25) is 4.79 Å². The van der Waals surface area contributed by atoms with Crippen LogP contribution in [0, 0.1) is 0 Å². The van der Waals surface area contributed by atoms with Crippen molar-refractivity contribution in [2.75, 3.05) is 6.54 Å². The summed E-state index contributed by atoms with van der Waals surface area (Å²) in [5.41, 5.74) is 2.59. The third kappa shape index (κ3) is 5.53. The molecule has 2 heteroatoms. The number of nitrogens with one attached hydrogen (secondary N) is 1. The van der Waals surface area contributed by atoms with Crippen molar-refractivity contribution < 1.29 is 4.79 Å². The van der Waals surface area contributed by atoms with E-state index >= 15 is 0 Å². The Morgan fingerprint density at radius 1 is 1.12 bits per heavy atom. The predicted molar refractivity (Wildman–Crippen MR) is 72.1 cm³/mol. The van der Waals surface area contributed by atoms with Crippen LogP contribution in [0.15, 0.2) is 24.3 Å². The Balaban J connectivity index is 2.27. The summed E-state index contributed by atoms with van der Waals surface area (Å²) in [5.74, 6) is 0.165. The normalized spacial score (nSPS) is 10.2. The summed E-state index contributed by atoms with van der Waals surface area (Å²) in [6.07, 6.45) is 4.69. The van der Waals surface area contributed by atoms with E-state index in [2.05, 4.69) is 43.4 Å². The maximum atomic E-state index is 11.5. The average Bonchev–Trinajstić information content (AvgIpc) is 2.37.